The SMILES string of the molecule is CNc1ccc(C2(C#N)CCC(=O)CC2)cc1. The van der Waals surface area contributed by atoms with E-state index >= 15 is 0 Å². The zero-order chi connectivity index (χ0) is 12.3. The Kier molecular flexibility index (Phi) is 3.14. The normalized spacial score (nSPS) is 18.5. The van der Waals surface area contributed by atoms with Gasteiger partial charge in [0.2, 0.25) is 0 Å². The molecular weight excluding hydrogens is 212 g/mol. The Morgan fingerprint density at radius 2 is 1.82 bits per heavy atom. The summed E-state index contributed by atoms with van der Waals surface area (Å²) in [6.07, 6.45) is 2.37. The van der Waals surface area contributed by atoms with Crippen LogP contribution < -0.4 is 5.32 Å². The number of hydrogen-bond acceptors (Lipinski definition) is 3. The van der Waals surface area contributed by atoms with E-state index in [1.54, 1.807) is 0 Å². The molecule has 1 aromatic carbocycles. The molecule has 17 heavy (non-hydrogen) atoms. The van der Waals surface area contributed by atoms with Gasteiger partial charge in [0.05, 0.1) is 11.5 Å². The number of carbonyl (C=O) groups is 1. The fraction of sp³-hybridized carbons (Fsp3) is 0.429. The van der Waals surface area contributed by atoms with Crippen molar-refractivity contribution in [3.05, 3.63) is 29.8 Å². The van der Waals surface area contributed by atoms with Gasteiger partial charge in [0.1, 0.15) is 5.78 Å². The van der Waals surface area contributed by atoms with Crippen LogP contribution in [0.1, 0.15) is 31.2 Å². The lowest BCUT2D eigenvalue weighted by molar-refractivity contribution is -0.120. The van der Waals surface area contributed by atoms with Crippen LogP contribution in [-0.2, 0) is 10.2 Å². The van der Waals surface area contributed by atoms with Crippen LogP contribution in [0.2, 0.25) is 0 Å². The summed E-state index contributed by atoms with van der Waals surface area (Å²) in [6.45, 7) is 0. The number of nitrogens with one attached hydrogen (secondary N) is 1. The van der Waals surface area contributed by atoms with Gasteiger partial charge in [-0.2, -0.15) is 5.26 Å². The third kappa shape index (κ3) is 2.16. The van der Waals surface area contributed by atoms with Crippen molar-refractivity contribution in [2.45, 2.75) is 31.1 Å². The lowest BCUT2D eigenvalue weighted by Gasteiger charge is -2.30. The van der Waals surface area contributed by atoms with Gasteiger partial charge in [-0.3, -0.25) is 4.79 Å². The highest BCUT2D eigenvalue weighted by molar-refractivity contribution is 5.80. The number of rotatable bonds is 2. The molecule has 88 valence electrons. The molecule has 0 amide bonds. The number of ketones is 1. The monoisotopic (exact) mass is 228 g/mol. The summed E-state index contributed by atoms with van der Waals surface area (Å²) in [4.78, 5) is 11.3. The van der Waals surface area contributed by atoms with Crippen LogP contribution in [0.15, 0.2) is 24.3 Å². The van der Waals surface area contributed by atoms with Crippen molar-refractivity contribution < 1.29 is 4.79 Å². The minimum Gasteiger partial charge on any atom is -0.388 e. The minimum atomic E-state index is -0.458. The first kappa shape index (κ1) is 11.7. The van der Waals surface area contributed by atoms with E-state index in [-0.39, 0.29) is 5.78 Å². The first-order chi connectivity index (χ1) is 8.20. The number of carbonyl (C=O) groups excluding carboxylic acids is 1. The highest BCUT2D eigenvalue weighted by Crippen LogP contribution is 2.38. The largest absolute Gasteiger partial charge is 0.388 e. The summed E-state index contributed by atoms with van der Waals surface area (Å²) in [5, 5.41) is 12.5. The van der Waals surface area contributed by atoms with Crippen LogP contribution in [0.25, 0.3) is 0 Å². The molecule has 0 heterocycles. The molecule has 1 aliphatic carbocycles. The van der Waals surface area contributed by atoms with Crippen LogP contribution in [-0.4, -0.2) is 12.8 Å². The second kappa shape index (κ2) is 4.58. The first-order valence-corrected chi connectivity index (χ1v) is 5.91. The number of anilines is 1. The van der Waals surface area contributed by atoms with Crippen LogP contribution >= 0.6 is 0 Å². The summed E-state index contributed by atoms with van der Waals surface area (Å²) < 4.78 is 0. The van der Waals surface area contributed by atoms with E-state index in [0.717, 1.165) is 11.3 Å². The molecule has 0 bridgehead atoms. The minimum absolute atomic E-state index is 0.280. The van der Waals surface area contributed by atoms with Crippen molar-refractivity contribution in [3.8, 4) is 6.07 Å². The summed E-state index contributed by atoms with van der Waals surface area (Å²) in [7, 11) is 1.87. The lowest BCUT2D eigenvalue weighted by atomic mass is 9.70. The molecule has 1 aliphatic rings. The third-order valence-corrected chi connectivity index (χ3v) is 3.60. The highest BCUT2D eigenvalue weighted by atomic mass is 16.1. The van der Waals surface area contributed by atoms with Gasteiger partial charge in [-0.05, 0) is 30.5 Å². The molecule has 0 atom stereocenters. The molecule has 0 unspecified atom stereocenters. The predicted octanol–water partition coefficient (Wildman–Crippen LogP) is 2.63. The Morgan fingerprint density at radius 3 is 2.29 bits per heavy atom. The molecule has 0 spiro atoms. The number of nitriles is 1. The van der Waals surface area contributed by atoms with Crippen molar-refractivity contribution in [2.75, 3.05) is 12.4 Å². The fourth-order valence-corrected chi connectivity index (χ4v) is 2.38. The maximum absolute atomic E-state index is 11.3. The quantitative estimate of drug-likeness (QED) is 0.846. The van der Waals surface area contributed by atoms with Gasteiger partial charge >= 0.3 is 0 Å². The zero-order valence-electron chi connectivity index (χ0n) is 9.99. The molecule has 1 aromatic rings. The van der Waals surface area contributed by atoms with E-state index in [2.05, 4.69) is 11.4 Å². The van der Waals surface area contributed by atoms with Crippen LogP contribution in [0.5, 0.6) is 0 Å². The van der Waals surface area contributed by atoms with Gasteiger partial charge in [-0.15, -0.1) is 0 Å². The smallest absolute Gasteiger partial charge is 0.133 e. The summed E-state index contributed by atoms with van der Waals surface area (Å²) in [5.74, 6) is 0.280. The van der Waals surface area contributed by atoms with Crippen LogP contribution in [0.3, 0.4) is 0 Å². The molecule has 1 N–H and O–H groups in total. The first-order valence-electron chi connectivity index (χ1n) is 5.91. The molecule has 0 aromatic heterocycles. The van der Waals surface area contributed by atoms with E-state index in [9.17, 15) is 10.1 Å². The standard InChI is InChI=1S/C14H16N2O/c1-16-12-4-2-11(3-5-12)14(10-15)8-6-13(17)7-9-14/h2-5,16H,6-9H2,1H3. The van der Waals surface area contributed by atoms with Crippen molar-refractivity contribution in [1.29, 1.82) is 5.26 Å². The van der Waals surface area contributed by atoms with Gasteiger partial charge in [-0.1, -0.05) is 12.1 Å². The van der Waals surface area contributed by atoms with Crippen LogP contribution in [0, 0.1) is 11.3 Å². The Hall–Kier alpha value is -1.82. The zero-order valence-corrected chi connectivity index (χ0v) is 9.99. The average Bonchev–Trinajstić information content (AvgIpc) is 2.40. The molecular formula is C14H16N2O. The van der Waals surface area contributed by atoms with Crippen LogP contribution in [0.4, 0.5) is 5.69 Å². The highest BCUT2D eigenvalue weighted by Gasteiger charge is 2.36. The Balaban J connectivity index is 2.28. The second-order valence-electron chi connectivity index (χ2n) is 4.56. The summed E-state index contributed by atoms with van der Waals surface area (Å²) in [5.41, 5.74) is 1.61. The van der Waals surface area contributed by atoms with E-state index in [1.807, 2.05) is 31.3 Å². The molecule has 3 nitrogen and oxygen atoms in total. The van der Waals surface area contributed by atoms with E-state index < -0.39 is 5.41 Å². The van der Waals surface area contributed by atoms with Gasteiger partial charge in [-0.25, -0.2) is 0 Å². The van der Waals surface area contributed by atoms with Crippen molar-refractivity contribution in [3.63, 3.8) is 0 Å². The number of benzene rings is 1. The topological polar surface area (TPSA) is 52.9 Å². The van der Waals surface area contributed by atoms with E-state index in [4.69, 9.17) is 0 Å². The maximum Gasteiger partial charge on any atom is 0.133 e. The van der Waals surface area contributed by atoms with Crippen molar-refractivity contribution >= 4 is 11.5 Å². The maximum atomic E-state index is 11.3. The fourth-order valence-electron chi connectivity index (χ4n) is 2.38. The molecule has 1 saturated carbocycles. The average molecular weight is 228 g/mol. The molecule has 0 aliphatic heterocycles. The molecule has 0 saturated heterocycles. The van der Waals surface area contributed by atoms with Gasteiger partial charge in [0.25, 0.3) is 0 Å². The van der Waals surface area contributed by atoms with E-state index in [1.165, 1.54) is 0 Å². The van der Waals surface area contributed by atoms with Gasteiger partial charge in [0, 0.05) is 25.6 Å². The van der Waals surface area contributed by atoms with Gasteiger partial charge in [0.15, 0.2) is 0 Å². The Labute approximate surface area is 101 Å². The predicted molar refractivity (Wildman–Crippen MR) is 66.8 cm³/mol. The second-order valence-corrected chi connectivity index (χ2v) is 4.56. The summed E-state index contributed by atoms with van der Waals surface area (Å²) in [6, 6.07) is 10.4. The Morgan fingerprint density at radius 1 is 1.24 bits per heavy atom. The van der Waals surface area contributed by atoms with Crippen molar-refractivity contribution in [1.82, 2.24) is 0 Å². The van der Waals surface area contributed by atoms with E-state index in [0.29, 0.717) is 25.7 Å². The molecule has 1 fully saturated rings. The molecule has 3 heteroatoms. The summed E-state index contributed by atoms with van der Waals surface area (Å²) >= 11 is 0. The number of hydrogen-bond donors (Lipinski definition) is 1. The molecule has 0 radical (unpaired) electrons. The molecule has 2 rings (SSSR count). The van der Waals surface area contributed by atoms with Gasteiger partial charge < -0.3 is 5.32 Å². The van der Waals surface area contributed by atoms with Crippen molar-refractivity contribution in [2.24, 2.45) is 0 Å². The Bertz CT molecular complexity index is 446. The third-order valence-electron chi connectivity index (χ3n) is 3.60. The number of Topliss-reactive ketones (excluding diaryl/α,β-unsaturated/α-hetero) is 1. The number of nitrogens with zero attached hydrogens (tertiary/aromatic N) is 1. The lowest BCUT2D eigenvalue weighted by Crippen LogP contribution is -2.30.